The van der Waals surface area contributed by atoms with Gasteiger partial charge in [-0.15, -0.1) is 0 Å². The monoisotopic (exact) mass is 295 g/mol. The normalized spacial score (nSPS) is 21.1. The van der Waals surface area contributed by atoms with E-state index < -0.39 is 6.10 Å². The Labute approximate surface area is 126 Å². The van der Waals surface area contributed by atoms with E-state index in [0.717, 1.165) is 38.1 Å². The number of β-amino-alcohol motifs (C(OH)–C–C–N with tert-alkyl or cyclic N) is 1. The third-order valence-electron chi connectivity index (χ3n) is 3.96. The van der Waals surface area contributed by atoms with Gasteiger partial charge < -0.3 is 9.84 Å². The summed E-state index contributed by atoms with van der Waals surface area (Å²) in [6.07, 6.45) is 1.83. The minimum Gasteiger partial charge on any atom is -0.387 e. The first-order chi connectivity index (χ1) is 10.0. The summed E-state index contributed by atoms with van der Waals surface area (Å²) in [4.78, 5) is 2.22. The van der Waals surface area contributed by atoms with Crippen molar-refractivity contribution in [3.8, 4) is 0 Å². The standard InChI is InChI=1S/C17H26FNO2/c1-13(2)8-10-21-16-7-9-19(11-16)12-17(20)14-3-5-15(18)6-4-14/h3-6,13,16-17,20H,7-12H2,1-2H3. The van der Waals surface area contributed by atoms with E-state index in [4.69, 9.17) is 4.74 Å². The van der Waals surface area contributed by atoms with Crippen LogP contribution in [0.2, 0.25) is 0 Å². The SMILES string of the molecule is CC(C)CCOC1CCN(CC(O)c2ccc(F)cc2)C1. The van der Waals surface area contributed by atoms with E-state index in [1.54, 1.807) is 12.1 Å². The van der Waals surface area contributed by atoms with Crippen LogP contribution in [0, 0.1) is 11.7 Å². The first-order valence-electron chi connectivity index (χ1n) is 7.82. The Morgan fingerprint density at radius 1 is 1.33 bits per heavy atom. The molecule has 2 atom stereocenters. The lowest BCUT2D eigenvalue weighted by atomic mass is 10.1. The second-order valence-electron chi connectivity index (χ2n) is 6.29. The molecule has 1 aliphatic rings. The molecule has 0 aliphatic carbocycles. The lowest BCUT2D eigenvalue weighted by Crippen LogP contribution is -2.28. The number of likely N-dealkylation sites (tertiary alicyclic amines) is 1. The summed E-state index contributed by atoms with van der Waals surface area (Å²) in [6, 6.07) is 6.07. The van der Waals surface area contributed by atoms with Crippen molar-refractivity contribution in [1.29, 1.82) is 0 Å². The van der Waals surface area contributed by atoms with Gasteiger partial charge in [0.05, 0.1) is 12.2 Å². The van der Waals surface area contributed by atoms with Crippen LogP contribution in [0.25, 0.3) is 0 Å². The minimum absolute atomic E-state index is 0.272. The fourth-order valence-electron chi connectivity index (χ4n) is 2.60. The number of hydrogen-bond acceptors (Lipinski definition) is 3. The van der Waals surface area contributed by atoms with E-state index in [-0.39, 0.29) is 11.9 Å². The molecule has 3 nitrogen and oxygen atoms in total. The van der Waals surface area contributed by atoms with Gasteiger partial charge in [0, 0.05) is 26.2 Å². The van der Waals surface area contributed by atoms with Gasteiger partial charge in [-0.2, -0.15) is 0 Å². The summed E-state index contributed by atoms with van der Waals surface area (Å²) in [5, 5.41) is 10.2. The molecular weight excluding hydrogens is 269 g/mol. The summed E-state index contributed by atoms with van der Waals surface area (Å²) in [7, 11) is 0. The van der Waals surface area contributed by atoms with Crippen molar-refractivity contribution in [2.75, 3.05) is 26.2 Å². The quantitative estimate of drug-likeness (QED) is 0.839. The van der Waals surface area contributed by atoms with Gasteiger partial charge in [-0.3, -0.25) is 4.90 Å². The number of halogens is 1. The number of rotatable bonds is 7. The average Bonchev–Trinajstić information content (AvgIpc) is 2.86. The topological polar surface area (TPSA) is 32.7 Å². The van der Waals surface area contributed by atoms with E-state index >= 15 is 0 Å². The van der Waals surface area contributed by atoms with Gasteiger partial charge in [0.2, 0.25) is 0 Å². The second-order valence-corrected chi connectivity index (χ2v) is 6.29. The van der Waals surface area contributed by atoms with Gasteiger partial charge in [-0.05, 0) is 36.5 Å². The molecule has 1 heterocycles. The molecule has 2 unspecified atom stereocenters. The molecule has 1 N–H and O–H groups in total. The van der Waals surface area contributed by atoms with Gasteiger partial charge in [-0.1, -0.05) is 26.0 Å². The summed E-state index contributed by atoms with van der Waals surface area (Å²) < 4.78 is 18.7. The molecule has 0 aromatic heterocycles. The van der Waals surface area contributed by atoms with Crippen molar-refractivity contribution < 1.29 is 14.2 Å². The fraction of sp³-hybridized carbons (Fsp3) is 0.647. The van der Waals surface area contributed by atoms with Crippen molar-refractivity contribution in [3.05, 3.63) is 35.6 Å². The number of nitrogens with zero attached hydrogens (tertiary/aromatic N) is 1. The molecule has 0 bridgehead atoms. The highest BCUT2D eigenvalue weighted by Gasteiger charge is 2.25. The maximum absolute atomic E-state index is 12.9. The van der Waals surface area contributed by atoms with Crippen LogP contribution in [0.15, 0.2) is 24.3 Å². The Morgan fingerprint density at radius 3 is 2.71 bits per heavy atom. The highest BCUT2D eigenvalue weighted by atomic mass is 19.1. The lowest BCUT2D eigenvalue weighted by molar-refractivity contribution is 0.0470. The molecule has 1 aromatic carbocycles. The number of ether oxygens (including phenoxy) is 1. The third kappa shape index (κ3) is 5.38. The zero-order valence-electron chi connectivity index (χ0n) is 13.0. The Bertz CT molecular complexity index is 421. The van der Waals surface area contributed by atoms with Crippen LogP contribution in [0.3, 0.4) is 0 Å². The molecule has 0 radical (unpaired) electrons. The maximum atomic E-state index is 12.9. The predicted octanol–water partition coefficient (Wildman–Crippen LogP) is 3.00. The molecule has 1 aromatic rings. The van der Waals surface area contributed by atoms with Gasteiger partial charge >= 0.3 is 0 Å². The van der Waals surface area contributed by atoms with Gasteiger partial charge in [0.15, 0.2) is 0 Å². The Balaban J connectivity index is 1.73. The Morgan fingerprint density at radius 2 is 2.05 bits per heavy atom. The maximum Gasteiger partial charge on any atom is 0.123 e. The van der Waals surface area contributed by atoms with E-state index in [1.165, 1.54) is 12.1 Å². The largest absolute Gasteiger partial charge is 0.387 e. The summed E-state index contributed by atoms with van der Waals surface area (Å²) in [6.45, 7) is 7.61. The summed E-state index contributed by atoms with van der Waals surface area (Å²) in [5.41, 5.74) is 0.764. The molecule has 21 heavy (non-hydrogen) atoms. The number of benzene rings is 1. The third-order valence-corrected chi connectivity index (χ3v) is 3.96. The predicted molar refractivity (Wildman–Crippen MR) is 81.6 cm³/mol. The van der Waals surface area contributed by atoms with Crippen molar-refractivity contribution in [1.82, 2.24) is 4.90 Å². The zero-order chi connectivity index (χ0) is 15.2. The van der Waals surface area contributed by atoms with E-state index in [1.807, 2.05) is 0 Å². The molecular formula is C17H26FNO2. The molecule has 1 fully saturated rings. The molecule has 1 saturated heterocycles. The minimum atomic E-state index is -0.569. The van der Waals surface area contributed by atoms with Crippen LogP contribution >= 0.6 is 0 Å². The first kappa shape index (κ1) is 16.4. The average molecular weight is 295 g/mol. The number of hydrogen-bond donors (Lipinski definition) is 1. The molecule has 1 aliphatic heterocycles. The van der Waals surface area contributed by atoms with Crippen molar-refractivity contribution in [2.24, 2.45) is 5.92 Å². The van der Waals surface area contributed by atoms with E-state index in [9.17, 15) is 9.50 Å². The van der Waals surface area contributed by atoms with Crippen molar-refractivity contribution in [2.45, 2.75) is 38.9 Å². The molecule has 0 spiro atoms. The molecule has 0 amide bonds. The Hall–Kier alpha value is -0.970. The summed E-state index contributed by atoms with van der Waals surface area (Å²) in [5.74, 6) is 0.397. The van der Waals surface area contributed by atoms with Crippen molar-refractivity contribution in [3.63, 3.8) is 0 Å². The highest BCUT2D eigenvalue weighted by molar-refractivity contribution is 5.18. The molecule has 4 heteroatoms. The number of aliphatic hydroxyl groups is 1. The van der Waals surface area contributed by atoms with Gasteiger partial charge in [0.1, 0.15) is 5.82 Å². The van der Waals surface area contributed by atoms with Crippen LogP contribution in [0.5, 0.6) is 0 Å². The van der Waals surface area contributed by atoms with Crippen LogP contribution in [-0.4, -0.2) is 42.4 Å². The van der Waals surface area contributed by atoms with Crippen LogP contribution in [0.4, 0.5) is 4.39 Å². The molecule has 0 saturated carbocycles. The zero-order valence-corrected chi connectivity index (χ0v) is 13.0. The van der Waals surface area contributed by atoms with Gasteiger partial charge in [0.25, 0.3) is 0 Å². The van der Waals surface area contributed by atoms with E-state index in [2.05, 4.69) is 18.7 Å². The molecule has 2 rings (SSSR count). The number of aliphatic hydroxyl groups excluding tert-OH is 1. The lowest BCUT2D eigenvalue weighted by Gasteiger charge is -2.20. The highest BCUT2D eigenvalue weighted by Crippen LogP contribution is 2.19. The molecule has 118 valence electrons. The second kappa shape index (κ2) is 7.87. The summed E-state index contributed by atoms with van der Waals surface area (Å²) >= 11 is 0. The van der Waals surface area contributed by atoms with Crippen LogP contribution in [0.1, 0.15) is 38.4 Å². The van der Waals surface area contributed by atoms with Gasteiger partial charge in [-0.25, -0.2) is 4.39 Å². The van der Waals surface area contributed by atoms with Crippen LogP contribution < -0.4 is 0 Å². The van der Waals surface area contributed by atoms with Crippen LogP contribution in [-0.2, 0) is 4.74 Å². The smallest absolute Gasteiger partial charge is 0.123 e. The first-order valence-corrected chi connectivity index (χ1v) is 7.82. The van der Waals surface area contributed by atoms with Crippen molar-refractivity contribution >= 4 is 0 Å². The Kier molecular flexibility index (Phi) is 6.15. The fourth-order valence-corrected chi connectivity index (χ4v) is 2.60. The van der Waals surface area contributed by atoms with E-state index in [0.29, 0.717) is 12.5 Å².